The van der Waals surface area contributed by atoms with Crippen LogP contribution in [0.4, 0.5) is 0 Å². The molecule has 1 rings (SSSR count). The van der Waals surface area contributed by atoms with Gasteiger partial charge in [0.2, 0.25) is 0 Å². The molecule has 0 aliphatic rings. The highest BCUT2D eigenvalue weighted by Gasteiger charge is 2.41. The highest BCUT2D eigenvalue weighted by molar-refractivity contribution is 9.08. The van der Waals surface area contributed by atoms with Crippen molar-refractivity contribution in [3.8, 4) is 5.75 Å². The lowest BCUT2D eigenvalue weighted by molar-refractivity contribution is 0.473. The maximum atomic E-state index is 10.7. The fraction of sp³-hybridized carbons (Fsp3) is 0.625. The molecule has 1 N–H and O–H groups in total. The summed E-state index contributed by atoms with van der Waals surface area (Å²) in [6, 6.07) is 4.44. The molecule has 20 heavy (non-hydrogen) atoms. The van der Waals surface area contributed by atoms with Gasteiger partial charge in [0.05, 0.1) is 7.59 Å². The van der Waals surface area contributed by atoms with E-state index in [4.69, 9.17) is 0 Å². The van der Waals surface area contributed by atoms with Crippen LogP contribution in [0.3, 0.4) is 0 Å². The van der Waals surface area contributed by atoms with Gasteiger partial charge < -0.3 is 5.11 Å². The quantitative estimate of drug-likeness (QED) is 0.589. The monoisotopic (exact) mass is 372 g/mol. The summed E-state index contributed by atoms with van der Waals surface area (Å²) < 4.78 is 0. The maximum absolute atomic E-state index is 10.7. The first-order valence-electron chi connectivity index (χ1n) is 7.25. The molecular formula is C16H29BrOSi2. The highest BCUT2D eigenvalue weighted by atomic mass is 79.9. The molecule has 0 radical (unpaired) electrons. The summed E-state index contributed by atoms with van der Waals surface area (Å²) >= 11 is 3.53. The number of halogens is 1. The van der Waals surface area contributed by atoms with Gasteiger partial charge in [-0.2, -0.15) is 0 Å². The lowest BCUT2D eigenvalue weighted by Crippen LogP contribution is -2.61. The van der Waals surface area contributed by atoms with Gasteiger partial charge in [-0.3, -0.25) is 0 Å². The minimum Gasteiger partial charge on any atom is -0.508 e. The first-order chi connectivity index (χ1) is 8.82. The SMILES string of the molecule is CC(C)(C)c1cc(CBr)c(O)c([Si](C)(C)[Si](C)(C)C)c1. The van der Waals surface area contributed by atoms with E-state index in [2.05, 4.69) is 81.6 Å². The molecule has 1 aromatic rings. The summed E-state index contributed by atoms with van der Waals surface area (Å²) in [5.41, 5.74) is 2.48. The zero-order valence-corrected chi connectivity index (χ0v) is 17.8. The van der Waals surface area contributed by atoms with Crippen molar-refractivity contribution < 1.29 is 5.11 Å². The predicted octanol–water partition coefficient (Wildman–Crippen LogP) is 4.92. The second kappa shape index (κ2) is 5.61. The van der Waals surface area contributed by atoms with Crippen LogP contribution in [0, 0.1) is 0 Å². The predicted molar refractivity (Wildman–Crippen MR) is 99.9 cm³/mol. The van der Waals surface area contributed by atoms with E-state index in [1.807, 2.05) is 0 Å². The third-order valence-corrected chi connectivity index (χ3v) is 22.9. The second-order valence-corrected chi connectivity index (χ2v) is 25.4. The Hall–Kier alpha value is -0.0662. The Labute approximate surface area is 134 Å². The normalized spacial score (nSPS) is 13.7. The summed E-state index contributed by atoms with van der Waals surface area (Å²) in [6.45, 7) is 18.8. The van der Waals surface area contributed by atoms with E-state index >= 15 is 0 Å². The highest BCUT2D eigenvalue weighted by Crippen LogP contribution is 2.31. The van der Waals surface area contributed by atoms with Crippen molar-refractivity contribution in [1.29, 1.82) is 0 Å². The van der Waals surface area contributed by atoms with Crippen LogP contribution < -0.4 is 5.19 Å². The Morgan fingerprint density at radius 1 is 1.05 bits per heavy atom. The van der Waals surface area contributed by atoms with Crippen molar-refractivity contribution >= 4 is 36.3 Å². The Morgan fingerprint density at radius 3 is 1.90 bits per heavy atom. The van der Waals surface area contributed by atoms with Gasteiger partial charge in [0.25, 0.3) is 0 Å². The smallest absolute Gasteiger partial charge is 0.118 e. The first-order valence-corrected chi connectivity index (χ1v) is 15.9. The average Bonchev–Trinajstić information content (AvgIpc) is 2.25. The zero-order chi connectivity index (χ0) is 15.9. The van der Waals surface area contributed by atoms with E-state index in [9.17, 15) is 5.11 Å². The molecule has 0 saturated heterocycles. The largest absolute Gasteiger partial charge is 0.508 e. The van der Waals surface area contributed by atoms with E-state index in [-0.39, 0.29) is 5.41 Å². The van der Waals surface area contributed by atoms with Crippen LogP contribution >= 0.6 is 15.9 Å². The van der Waals surface area contributed by atoms with Crippen LogP contribution in [0.15, 0.2) is 12.1 Å². The third kappa shape index (κ3) is 3.39. The molecule has 0 atom stereocenters. The standard InChI is InChI=1S/C16H29BrOSi2/c1-16(2,3)13-9-12(11-17)15(18)14(10-13)20(7,8)19(4,5)6/h9-10,18H,11H2,1-8H3. The van der Waals surface area contributed by atoms with Crippen LogP contribution in [0.2, 0.25) is 32.7 Å². The van der Waals surface area contributed by atoms with Crippen LogP contribution in [0.25, 0.3) is 0 Å². The maximum Gasteiger partial charge on any atom is 0.118 e. The van der Waals surface area contributed by atoms with Crippen molar-refractivity contribution in [3.05, 3.63) is 23.3 Å². The molecule has 114 valence electrons. The Morgan fingerprint density at radius 2 is 1.55 bits per heavy atom. The molecule has 0 aromatic heterocycles. The zero-order valence-electron chi connectivity index (χ0n) is 14.2. The van der Waals surface area contributed by atoms with Crippen molar-refractivity contribution in [3.63, 3.8) is 0 Å². The van der Waals surface area contributed by atoms with E-state index in [1.54, 1.807) is 0 Å². The average molecular weight is 373 g/mol. The van der Waals surface area contributed by atoms with Gasteiger partial charge in [0.15, 0.2) is 0 Å². The molecule has 0 saturated carbocycles. The van der Waals surface area contributed by atoms with Gasteiger partial charge in [0, 0.05) is 18.5 Å². The topological polar surface area (TPSA) is 20.2 Å². The first kappa shape index (κ1) is 18.0. The lowest BCUT2D eigenvalue weighted by Gasteiger charge is -2.37. The summed E-state index contributed by atoms with van der Waals surface area (Å²) in [6.07, 6.45) is 0. The minimum atomic E-state index is -1.62. The molecular weight excluding hydrogens is 344 g/mol. The van der Waals surface area contributed by atoms with E-state index in [0.29, 0.717) is 11.1 Å². The van der Waals surface area contributed by atoms with Crippen LogP contribution in [0.1, 0.15) is 31.9 Å². The van der Waals surface area contributed by atoms with Crippen molar-refractivity contribution in [2.45, 2.75) is 64.3 Å². The summed E-state index contributed by atoms with van der Waals surface area (Å²) in [4.78, 5) is 0. The van der Waals surface area contributed by atoms with Gasteiger partial charge >= 0.3 is 0 Å². The number of rotatable bonds is 3. The van der Waals surface area contributed by atoms with Gasteiger partial charge in [-0.1, -0.05) is 81.6 Å². The van der Waals surface area contributed by atoms with Crippen molar-refractivity contribution in [2.75, 3.05) is 0 Å². The van der Waals surface area contributed by atoms with E-state index in [0.717, 1.165) is 5.56 Å². The molecule has 0 fully saturated rings. The number of phenols is 1. The van der Waals surface area contributed by atoms with Crippen LogP contribution in [-0.4, -0.2) is 20.3 Å². The molecule has 0 heterocycles. The molecule has 0 aliphatic carbocycles. The van der Waals surface area contributed by atoms with Crippen molar-refractivity contribution in [2.24, 2.45) is 0 Å². The van der Waals surface area contributed by atoms with Crippen LogP contribution in [-0.2, 0) is 10.7 Å². The lowest BCUT2D eigenvalue weighted by atomic mass is 9.86. The molecule has 0 aliphatic heterocycles. The minimum absolute atomic E-state index is 0.114. The molecule has 1 nitrogen and oxygen atoms in total. The molecule has 0 bridgehead atoms. The van der Waals surface area contributed by atoms with Crippen molar-refractivity contribution in [1.82, 2.24) is 0 Å². The fourth-order valence-corrected chi connectivity index (χ4v) is 7.61. The van der Waals surface area contributed by atoms with E-state index < -0.39 is 15.2 Å². The number of alkyl halides is 1. The number of aromatic hydroxyl groups is 1. The van der Waals surface area contributed by atoms with Gasteiger partial charge in [0.1, 0.15) is 5.75 Å². The second-order valence-electron chi connectivity index (χ2n) is 8.29. The summed E-state index contributed by atoms with van der Waals surface area (Å²) in [5.74, 6) is 0.536. The third-order valence-electron chi connectivity index (χ3n) is 4.75. The molecule has 4 heteroatoms. The van der Waals surface area contributed by atoms with Crippen LogP contribution in [0.5, 0.6) is 5.75 Å². The van der Waals surface area contributed by atoms with Gasteiger partial charge in [-0.05, 0) is 16.2 Å². The summed E-state index contributed by atoms with van der Waals surface area (Å²) in [5, 5.41) is 12.7. The Balaban J connectivity index is 3.62. The number of phenolic OH excluding ortho intramolecular Hbond substituents is 1. The van der Waals surface area contributed by atoms with Gasteiger partial charge in [-0.15, -0.1) is 0 Å². The van der Waals surface area contributed by atoms with Gasteiger partial charge in [-0.25, -0.2) is 0 Å². The number of hydrogen-bond acceptors (Lipinski definition) is 1. The number of hydrogen-bond donors (Lipinski definition) is 1. The molecule has 0 spiro atoms. The number of benzene rings is 1. The van der Waals surface area contributed by atoms with E-state index in [1.165, 1.54) is 10.8 Å². The Bertz CT molecular complexity index is 496. The molecule has 0 unspecified atom stereocenters. The molecule has 0 amide bonds. The molecule has 1 aromatic carbocycles. The summed E-state index contributed by atoms with van der Waals surface area (Å²) in [7, 11) is -2.93. The Kier molecular flexibility index (Phi) is 5.05. The fourth-order valence-electron chi connectivity index (χ4n) is 2.11.